The highest BCUT2D eigenvalue weighted by Crippen LogP contribution is 2.36. The lowest BCUT2D eigenvalue weighted by molar-refractivity contribution is 0.0697. The van der Waals surface area contributed by atoms with Gasteiger partial charge in [-0.05, 0) is 47.9 Å². The molecule has 0 aliphatic carbocycles. The molecule has 4 aromatic carbocycles. The van der Waals surface area contributed by atoms with Crippen LogP contribution in [0, 0.1) is 5.82 Å². The van der Waals surface area contributed by atoms with Crippen molar-refractivity contribution in [2.45, 2.75) is 25.8 Å². The first-order valence-electron chi connectivity index (χ1n) is 12.4. The van der Waals surface area contributed by atoms with E-state index in [1.807, 2.05) is 61.5 Å². The predicted molar refractivity (Wildman–Crippen MR) is 145 cm³/mol. The van der Waals surface area contributed by atoms with Crippen molar-refractivity contribution >= 4 is 22.9 Å². The second kappa shape index (κ2) is 10.7. The summed E-state index contributed by atoms with van der Waals surface area (Å²) in [5, 5.41) is 13.1. The Morgan fingerprint density at radius 1 is 0.947 bits per heavy atom. The largest absolute Gasteiger partial charge is 0.478 e. The highest BCUT2D eigenvalue weighted by Gasteiger charge is 2.23. The van der Waals surface area contributed by atoms with Crippen molar-refractivity contribution in [3.8, 4) is 22.5 Å². The maximum atomic E-state index is 15.3. The molecule has 1 aromatic heterocycles. The monoisotopic (exact) mass is 507 g/mol. The van der Waals surface area contributed by atoms with Gasteiger partial charge >= 0.3 is 5.97 Å². The van der Waals surface area contributed by atoms with Crippen LogP contribution in [0.3, 0.4) is 0 Å². The lowest BCUT2D eigenvalue weighted by atomic mass is 9.92. The van der Waals surface area contributed by atoms with Crippen LogP contribution in [-0.2, 0) is 0 Å². The molecule has 6 nitrogen and oxygen atoms in total. The number of nitrogens with zero attached hydrogens (tertiary/aromatic N) is 1. The molecule has 1 amide bonds. The number of carboxylic acid groups (broad SMARTS) is 1. The molecule has 7 heteroatoms. The highest BCUT2D eigenvalue weighted by molar-refractivity contribution is 6.03. The predicted octanol–water partition coefficient (Wildman–Crippen LogP) is 7.01. The topological polar surface area (TPSA) is 95.1 Å². The van der Waals surface area contributed by atoms with Crippen LogP contribution in [0.5, 0.6) is 0 Å². The van der Waals surface area contributed by atoms with Gasteiger partial charge < -0.3 is 15.4 Å². The number of carbonyl (C=O) groups excluding carboxylic acids is 1. The van der Waals surface area contributed by atoms with Gasteiger partial charge in [0.1, 0.15) is 11.6 Å². The lowest BCUT2D eigenvalue weighted by Gasteiger charge is -2.19. The number of hydrogen-bond acceptors (Lipinski definition) is 3. The summed E-state index contributed by atoms with van der Waals surface area (Å²) in [7, 11) is 0. The van der Waals surface area contributed by atoms with E-state index in [-0.39, 0.29) is 28.3 Å². The molecule has 0 saturated carbocycles. The number of rotatable bonds is 8. The number of para-hydroxylation sites is 2. The number of halogens is 1. The van der Waals surface area contributed by atoms with Crippen LogP contribution in [0.1, 0.15) is 52.1 Å². The Bertz CT molecular complexity index is 1600. The van der Waals surface area contributed by atoms with Crippen molar-refractivity contribution in [1.29, 1.82) is 0 Å². The number of amides is 1. The molecule has 1 heterocycles. The van der Waals surface area contributed by atoms with Gasteiger partial charge in [-0.15, -0.1) is 0 Å². The zero-order valence-corrected chi connectivity index (χ0v) is 20.7. The molecule has 1 atom stereocenters. The summed E-state index contributed by atoms with van der Waals surface area (Å²) in [6.45, 7) is 2.04. The zero-order chi connectivity index (χ0) is 26.6. The molecule has 0 fully saturated rings. The second-order valence-electron chi connectivity index (χ2n) is 9.06. The van der Waals surface area contributed by atoms with Gasteiger partial charge in [0.25, 0.3) is 5.91 Å². The molecule has 38 heavy (non-hydrogen) atoms. The minimum Gasteiger partial charge on any atom is -0.478 e. The van der Waals surface area contributed by atoms with Gasteiger partial charge in [0.15, 0.2) is 0 Å². The van der Waals surface area contributed by atoms with E-state index in [0.29, 0.717) is 16.9 Å². The van der Waals surface area contributed by atoms with Crippen LogP contribution in [0.25, 0.3) is 33.5 Å². The molecule has 1 unspecified atom stereocenters. The minimum atomic E-state index is -1.26. The molecule has 5 aromatic rings. The van der Waals surface area contributed by atoms with Crippen LogP contribution < -0.4 is 5.32 Å². The molecule has 0 saturated heterocycles. The smallest absolute Gasteiger partial charge is 0.336 e. The van der Waals surface area contributed by atoms with Crippen LogP contribution in [0.15, 0.2) is 91.0 Å². The number of H-pyrrole nitrogens is 1. The van der Waals surface area contributed by atoms with Gasteiger partial charge in [-0.2, -0.15) is 0 Å². The van der Waals surface area contributed by atoms with E-state index in [1.54, 1.807) is 12.1 Å². The molecule has 5 rings (SSSR count). The third kappa shape index (κ3) is 4.91. The highest BCUT2D eigenvalue weighted by atomic mass is 19.1. The standard InChI is InChI=1S/C31H26FN3O3/c1-2-9-25(19-10-4-3-5-11-19)35-30(36)20-16-17-21(23(18-20)31(37)38)28-22(12-8-13-24(28)32)29-33-26-14-6-7-15-27(26)34-29/h3-8,10-18,25H,2,9H2,1H3,(H,33,34)(H,35,36)(H,37,38). The van der Waals surface area contributed by atoms with Crippen molar-refractivity contribution in [1.82, 2.24) is 15.3 Å². The number of carboxylic acids is 1. The molecule has 190 valence electrons. The number of aromatic carboxylic acids is 1. The summed E-state index contributed by atoms with van der Waals surface area (Å²) in [6, 6.07) is 25.7. The summed E-state index contributed by atoms with van der Waals surface area (Å²) >= 11 is 0. The van der Waals surface area contributed by atoms with Crippen molar-refractivity contribution in [2.75, 3.05) is 0 Å². The zero-order valence-electron chi connectivity index (χ0n) is 20.7. The number of benzene rings is 4. The second-order valence-corrected chi connectivity index (χ2v) is 9.06. The number of carbonyl (C=O) groups is 2. The van der Waals surface area contributed by atoms with E-state index in [0.717, 1.165) is 23.9 Å². The van der Waals surface area contributed by atoms with Crippen LogP contribution >= 0.6 is 0 Å². The lowest BCUT2D eigenvalue weighted by Crippen LogP contribution is -2.28. The molecular formula is C31H26FN3O3. The van der Waals surface area contributed by atoms with Gasteiger partial charge in [0.2, 0.25) is 0 Å². The molecule has 0 radical (unpaired) electrons. The SMILES string of the molecule is CCCC(NC(=O)c1ccc(-c2c(F)cccc2-c2nc3ccccc3[nH]2)c(C(=O)O)c1)c1ccccc1. The van der Waals surface area contributed by atoms with Gasteiger partial charge in [-0.25, -0.2) is 14.2 Å². The first-order chi connectivity index (χ1) is 18.5. The van der Waals surface area contributed by atoms with Crippen LogP contribution in [-0.4, -0.2) is 27.0 Å². The van der Waals surface area contributed by atoms with E-state index in [4.69, 9.17) is 0 Å². The number of hydrogen-bond donors (Lipinski definition) is 3. The van der Waals surface area contributed by atoms with Gasteiger partial charge in [-0.1, -0.05) is 74.0 Å². The quantitative estimate of drug-likeness (QED) is 0.211. The first kappa shape index (κ1) is 24.9. The van der Waals surface area contributed by atoms with Crippen molar-refractivity contribution < 1.29 is 19.1 Å². The Balaban J connectivity index is 1.55. The fourth-order valence-corrected chi connectivity index (χ4v) is 4.69. The maximum absolute atomic E-state index is 15.3. The fraction of sp³-hybridized carbons (Fsp3) is 0.129. The first-order valence-corrected chi connectivity index (χ1v) is 12.4. The van der Waals surface area contributed by atoms with Gasteiger partial charge in [0, 0.05) is 16.7 Å². The molecular weight excluding hydrogens is 481 g/mol. The Hall–Kier alpha value is -4.78. The molecule has 0 aliphatic rings. The number of aromatic nitrogens is 2. The average Bonchev–Trinajstić information content (AvgIpc) is 3.37. The van der Waals surface area contributed by atoms with Crippen LogP contribution in [0.4, 0.5) is 4.39 Å². The number of aromatic amines is 1. The maximum Gasteiger partial charge on any atom is 0.336 e. The summed E-state index contributed by atoms with van der Waals surface area (Å²) < 4.78 is 15.3. The van der Waals surface area contributed by atoms with Crippen molar-refractivity contribution in [3.63, 3.8) is 0 Å². The van der Waals surface area contributed by atoms with Crippen molar-refractivity contribution in [2.24, 2.45) is 0 Å². The molecule has 0 aliphatic heterocycles. The summed E-state index contributed by atoms with van der Waals surface area (Å²) in [5.74, 6) is -1.83. The van der Waals surface area contributed by atoms with E-state index >= 15 is 4.39 Å². The number of fused-ring (bicyclic) bond motifs is 1. The Morgan fingerprint density at radius 2 is 1.71 bits per heavy atom. The number of imidazole rings is 1. The van der Waals surface area contributed by atoms with Gasteiger partial charge in [0.05, 0.1) is 22.6 Å². The minimum absolute atomic E-state index is 0.101. The fourth-order valence-electron chi connectivity index (χ4n) is 4.69. The van der Waals surface area contributed by atoms with Crippen LogP contribution in [0.2, 0.25) is 0 Å². The van der Waals surface area contributed by atoms with E-state index in [9.17, 15) is 14.7 Å². The number of nitrogens with one attached hydrogen (secondary N) is 2. The van der Waals surface area contributed by atoms with Gasteiger partial charge in [-0.3, -0.25) is 4.79 Å². The van der Waals surface area contributed by atoms with E-state index in [2.05, 4.69) is 15.3 Å². The molecule has 0 spiro atoms. The van der Waals surface area contributed by atoms with E-state index < -0.39 is 17.7 Å². The van der Waals surface area contributed by atoms with E-state index in [1.165, 1.54) is 24.3 Å². The third-order valence-corrected chi connectivity index (χ3v) is 6.52. The normalized spacial score (nSPS) is 11.8. The summed E-state index contributed by atoms with van der Waals surface area (Å²) in [4.78, 5) is 33.3. The molecule has 0 bridgehead atoms. The summed E-state index contributed by atoms with van der Waals surface area (Å²) in [5.41, 5.74) is 3.16. The average molecular weight is 508 g/mol. The Labute approximate surface area is 219 Å². The Morgan fingerprint density at radius 3 is 2.45 bits per heavy atom. The summed E-state index contributed by atoms with van der Waals surface area (Å²) in [6.07, 6.45) is 1.59. The van der Waals surface area contributed by atoms with Crippen molar-refractivity contribution in [3.05, 3.63) is 114 Å². The Kier molecular flexibility index (Phi) is 7.00. The molecule has 3 N–H and O–H groups in total. The third-order valence-electron chi connectivity index (χ3n) is 6.52.